The Hall–Kier alpha value is -2.44. The number of nitrogens with zero attached hydrogens (tertiary/aromatic N) is 2. The Labute approximate surface area is 139 Å². The van der Waals surface area contributed by atoms with E-state index < -0.39 is 11.4 Å². The highest BCUT2D eigenvalue weighted by Crippen LogP contribution is 2.31. The van der Waals surface area contributed by atoms with Crippen LogP contribution in [0, 0.1) is 5.82 Å². The number of hydrogen-bond acceptors (Lipinski definition) is 3. The van der Waals surface area contributed by atoms with Crippen molar-refractivity contribution in [3.8, 4) is 0 Å². The minimum absolute atomic E-state index is 0.205. The zero-order valence-corrected chi connectivity index (χ0v) is 13.7. The molecule has 1 spiro atoms. The number of hydrogen-bond donors (Lipinski definition) is 1. The molecule has 0 aromatic heterocycles. The number of imide groups is 1. The summed E-state index contributed by atoms with van der Waals surface area (Å²) >= 11 is 0. The molecule has 0 unspecified atom stereocenters. The lowest BCUT2D eigenvalue weighted by atomic mass is 9.87. The van der Waals surface area contributed by atoms with Crippen molar-refractivity contribution in [2.24, 2.45) is 0 Å². The molecule has 1 aromatic carbocycles. The fourth-order valence-corrected chi connectivity index (χ4v) is 3.34. The van der Waals surface area contributed by atoms with Crippen LogP contribution in [-0.4, -0.2) is 52.3 Å². The number of benzene rings is 1. The van der Waals surface area contributed by atoms with E-state index in [1.54, 1.807) is 24.8 Å². The summed E-state index contributed by atoms with van der Waals surface area (Å²) < 4.78 is 13.3. The average Bonchev–Trinajstić information content (AvgIpc) is 2.78. The summed E-state index contributed by atoms with van der Waals surface area (Å²) in [5.41, 5.74) is -0.628. The van der Waals surface area contributed by atoms with E-state index in [1.807, 2.05) is 0 Å². The molecule has 2 aliphatic heterocycles. The van der Waals surface area contributed by atoms with Gasteiger partial charge in [0.25, 0.3) is 11.8 Å². The summed E-state index contributed by atoms with van der Waals surface area (Å²) in [5, 5.41) is 2.80. The van der Waals surface area contributed by atoms with E-state index in [0.29, 0.717) is 25.9 Å². The van der Waals surface area contributed by atoms with Crippen molar-refractivity contribution >= 4 is 17.8 Å². The van der Waals surface area contributed by atoms with Gasteiger partial charge in [-0.15, -0.1) is 0 Å². The van der Waals surface area contributed by atoms with Gasteiger partial charge in [0.15, 0.2) is 0 Å². The van der Waals surface area contributed by atoms with Crippen LogP contribution in [-0.2, 0) is 4.79 Å². The second-order valence-corrected chi connectivity index (χ2v) is 6.58. The molecule has 2 saturated heterocycles. The maximum atomic E-state index is 13.3. The van der Waals surface area contributed by atoms with Crippen LogP contribution in [0.1, 0.15) is 37.0 Å². The van der Waals surface area contributed by atoms with Crippen molar-refractivity contribution in [3.63, 3.8) is 0 Å². The van der Waals surface area contributed by atoms with E-state index in [4.69, 9.17) is 0 Å². The van der Waals surface area contributed by atoms with Crippen molar-refractivity contribution < 1.29 is 18.8 Å². The maximum absolute atomic E-state index is 13.3. The van der Waals surface area contributed by atoms with Crippen LogP contribution in [0.4, 0.5) is 9.18 Å². The molecule has 0 radical (unpaired) electrons. The van der Waals surface area contributed by atoms with Crippen molar-refractivity contribution in [2.45, 2.75) is 38.3 Å². The van der Waals surface area contributed by atoms with Gasteiger partial charge in [-0.2, -0.15) is 0 Å². The highest BCUT2D eigenvalue weighted by molar-refractivity contribution is 6.07. The second kappa shape index (κ2) is 5.89. The summed E-state index contributed by atoms with van der Waals surface area (Å²) in [5.74, 6) is -0.942. The third-order valence-electron chi connectivity index (χ3n) is 4.69. The summed E-state index contributed by atoms with van der Waals surface area (Å²) in [6, 6.07) is 4.97. The van der Waals surface area contributed by atoms with E-state index in [1.165, 1.54) is 23.1 Å². The van der Waals surface area contributed by atoms with E-state index in [-0.39, 0.29) is 29.5 Å². The smallest absolute Gasteiger partial charge is 0.325 e. The molecule has 2 heterocycles. The van der Waals surface area contributed by atoms with Gasteiger partial charge in [-0.25, -0.2) is 9.18 Å². The largest absolute Gasteiger partial charge is 0.338 e. The summed E-state index contributed by atoms with van der Waals surface area (Å²) in [6.07, 6.45) is 0.726. The van der Waals surface area contributed by atoms with Gasteiger partial charge in [0.1, 0.15) is 11.4 Å². The number of rotatable bonds is 2. The van der Waals surface area contributed by atoms with E-state index >= 15 is 0 Å². The first kappa shape index (κ1) is 16.4. The van der Waals surface area contributed by atoms with Gasteiger partial charge < -0.3 is 10.2 Å². The average molecular weight is 333 g/mol. The molecule has 6 nitrogen and oxygen atoms in total. The van der Waals surface area contributed by atoms with Crippen molar-refractivity contribution in [3.05, 3.63) is 35.6 Å². The van der Waals surface area contributed by atoms with Crippen LogP contribution in [0.15, 0.2) is 24.3 Å². The Kier molecular flexibility index (Phi) is 4.03. The minimum Gasteiger partial charge on any atom is -0.338 e. The number of urea groups is 1. The fourth-order valence-electron chi connectivity index (χ4n) is 3.34. The standard InChI is InChI=1S/C17H20FN3O3/c1-11(2)21-15(23)17(19-16(21)24)6-8-20(9-7-17)14(22)12-4-3-5-13(18)10-12/h3-5,10-11H,6-9H2,1-2H3,(H,19,24). The molecule has 128 valence electrons. The summed E-state index contributed by atoms with van der Waals surface area (Å²) in [6.45, 7) is 4.26. The number of carbonyl (C=O) groups excluding carboxylic acids is 3. The molecule has 2 fully saturated rings. The van der Waals surface area contributed by atoms with Crippen LogP contribution in [0.2, 0.25) is 0 Å². The molecule has 0 bridgehead atoms. The van der Waals surface area contributed by atoms with E-state index in [2.05, 4.69) is 5.32 Å². The SMILES string of the molecule is CC(C)N1C(=O)NC2(CCN(C(=O)c3cccc(F)c3)CC2)C1=O. The zero-order valence-electron chi connectivity index (χ0n) is 13.7. The Morgan fingerprint density at radius 1 is 1.25 bits per heavy atom. The normalized spacial score (nSPS) is 20.0. The Bertz CT molecular complexity index is 696. The molecule has 1 aromatic rings. The van der Waals surface area contributed by atoms with Gasteiger partial charge in [0, 0.05) is 24.7 Å². The van der Waals surface area contributed by atoms with Gasteiger partial charge in [0.05, 0.1) is 0 Å². The van der Waals surface area contributed by atoms with Gasteiger partial charge in [-0.05, 0) is 44.9 Å². The monoisotopic (exact) mass is 333 g/mol. The lowest BCUT2D eigenvalue weighted by Crippen LogP contribution is -2.56. The quantitative estimate of drug-likeness (QED) is 0.839. The second-order valence-electron chi connectivity index (χ2n) is 6.58. The van der Waals surface area contributed by atoms with Crippen LogP contribution >= 0.6 is 0 Å². The van der Waals surface area contributed by atoms with Gasteiger partial charge in [-0.1, -0.05) is 6.07 Å². The molecular formula is C17H20FN3O3. The molecule has 4 amide bonds. The maximum Gasteiger partial charge on any atom is 0.325 e. The Morgan fingerprint density at radius 2 is 1.92 bits per heavy atom. The zero-order chi connectivity index (χ0) is 17.5. The third kappa shape index (κ3) is 2.64. The van der Waals surface area contributed by atoms with Gasteiger partial charge >= 0.3 is 6.03 Å². The predicted molar refractivity (Wildman–Crippen MR) is 84.8 cm³/mol. The van der Waals surface area contributed by atoms with Crippen LogP contribution in [0.3, 0.4) is 0 Å². The first-order valence-corrected chi connectivity index (χ1v) is 8.05. The number of carbonyl (C=O) groups is 3. The molecular weight excluding hydrogens is 313 g/mol. The summed E-state index contributed by atoms with van der Waals surface area (Å²) in [4.78, 5) is 39.9. The van der Waals surface area contributed by atoms with Crippen molar-refractivity contribution in [1.82, 2.24) is 15.1 Å². The van der Waals surface area contributed by atoms with Crippen LogP contribution in [0.25, 0.3) is 0 Å². The molecule has 3 rings (SSSR count). The third-order valence-corrected chi connectivity index (χ3v) is 4.69. The Balaban J connectivity index is 1.71. The number of likely N-dealkylation sites (tertiary alicyclic amines) is 1. The lowest BCUT2D eigenvalue weighted by molar-refractivity contribution is -0.133. The molecule has 0 atom stereocenters. The number of amides is 4. The van der Waals surface area contributed by atoms with Gasteiger partial charge in [0.2, 0.25) is 0 Å². The van der Waals surface area contributed by atoms with Crippen LogP contribution in [0.5, 0.6) is 0 Å². The minimum atomic E-state index is -0.917. The van der Waals surface area contributed by atoms with Gasteiger partial charge in [-0.3, -0.25) is 14.5 Å². The first-order valence-electron chi connectivity index (χ1n) is 8.05. The predicted octanol–water partition coefficient (Wildman–Crippen LogP) is 1.76. The topological polar surface area (TPSA) is 69.7 Å². The molecule has 0 saturated carbocycles. The number of halogens is 1. The van der Waals surface area contributed by atoms with Crippen LogP contribution < -0.4 is 5.32 Å². The fraction of sp³-hybridized carbons (Fsp3) is 0.471. The van der Waals surface area contributed by atoms with Crippen molar-refractivity contribution in [2.75, 3.05) is 13.1 Å². The number of piperidine rings is 1. The van der Waals surface area contributed by atoms with E-state index in [0.717, 1.165) is 0 Å². The molecule has 2 aliphatic rings. The summed E-state index contributed by atoms with van der Waals surface area (Å²) in [7, 11) is 0. The molecule has 0 aliphatic carbocycles. The van der Waals surface area contributed by atoms with Crippen molar-refractivity contribution in [1.29, 1.82) is 0 Å². The highest BCUT2D eigenvalue weighted by Gasteiger charge is 2.53. The molecule has 1 N–H and O–H groups in total. The highest BCUT2D eigenvalue weighted by atomic mass is 19.1. The Morgan fingerprint density at radius 3 is 2.46 bits per heavy atom. The molecule has 24 heavy (non-hydrogen) atoms. The lowest BCUT2D eigenvalue weighted by Gasteiger charge is -2.37. The number of nitrogens with one attached hydrogen (secondary N) is 1. The molecule has 7 heteroatoms. The first-order chi connectivity index (χ1) is 11.3. The van der Waals surface area contributed by atoms with E-state index in [9.17, 15) is 18.8 Å².